The number of methoxy groups -OCH3 is 1. The molecule has 0 spiro atoms. The van der Waals surface area contributed by atoms with Crippen molar-refractivity contribution in [1.82, 2.24) is 15.0 Å². The van der Waals surface area contributed by atoms with Gasteiger partial charge in [0.05, 0.1) is 7.11 Å². The van der Waals surface area contributed by atoms with E-state index in [4.69, 9.17) is 16.3 Å². The molecule has 0 radical (unpaired) electrons. The number of benzene rings is 1. The highest BCUT2D eigenvalue weighted by Gasteiger charge is 2.13. The number of hydrogen-bond donors (Lipinski definition) is 0. The number of ether oxygens (including phenoxy) is 1. The molecule has 1 aromatic carbocycles. The van der Waals surface area contributed by atoms with Gasteiger partial charge < -0.3 is 9.64 Å². The van der Waals surface area contributed by atoms with E-state index in [-0.39, 0.29) is 5.28 Å². The normalized spacial score (nSPS) is 10.5. The average Bonchev–Trinajstić information content (AvgIpc) is 2.40. The van der Waals surface area contributed by atoms with Gasteiger partial charge in [-0.05, 0) is 48.7 Å². The van der Waals surface area contributed by atoms with Gasteiger partial charge in [0, 0.05) is 19.7 Å². The van der Waals surface area contributed by atoms with Gasteiger partial charge >= 0.3 is 0 Å². The van der Waals surface area contributed by atoms with Crippen molar-refractivity contribution < 1.29 is 4.74 Å². The minimum absolute atomic E-state index is 0.187. The largest absolute Gasteiger partial charge is 0.496 e. The van der Waals surface area contributed by atoms with Gasteiger partial charge in [0.15, 0.2) is 5.82 Å². The number of hydrogen-bond acceptors (Lipinski definition) is 5. The van der Waals surface area contributed by atoms with Crippen LogP contribution in [0.5, 0.6) is 5.75 Å². The SMILES string of the molecule is COc1cc(C)c(-c2nc(Cl)nc(N(C)C)n2)cc1C. The fraction of sp³-hybridized carbons (Fsp3) is 0.357. The average molecular weight is 293 g/mol. The van der Waals surface area contributed by atoms with Crippen LogP contribution in [-0.2, 0) is 0 Å². The Morgan fingerprint density at radius 3 is 2.35 bits per heavy atom. The molecule has 0 saturated carbocycles. The number of aryl methyl sites for hydroxylation is 2. The Hall–Kier alpha value is -1.88. The summed E-state index contributed by atoms with van der Waals surface area (Å²) in [4.78, 5) is 14.5. The molecule has 0 unspecified atom stereocenters. The highest BCUT2D eigenvalue weighted by Crippen LogP contribution is 2.29. The molecule has 0 bridgehead atoms. The summed E-state index contributed by atoms with van der Waals surface area (Å²) in [5.74, 6) is 1.95. The molecule has 2 rings (SSSR count). The van der Waals surface area contributed by atoms with Crippen molar-refractivity contribution in [2.45, 2.75) is 13.8 Å². The molecule has 0 aliphatic carbocycles. The van der Waals surface area contributed by atoms with E-state index in [1.807, 2.05) is 40.1 Å². The lowest BCUT2D eigenvalue weighted by Crippen LogP contribution is -2.14. The fourth-order valence-electron chi connectivity index (χ4n) is 1.91. The lowest BCUT2D eigenvalue weighted by atomic mass is 10.0. The third-order valence-corrected chi connectivity index (χ3v) is 3.15. The van der Waals surface area contributed by atoms with Crippen LogP contribution in [0.15, 0.2) is 12.1 Å². The topological polar surface area (TPSA) is 51.1 Å². The van der Waals surface area contributed by atoms with Gasteiger partial charge in [-0.25, -0.2) is 0 Å². The number of anilines is 1. The van der Waals surface area contributed by atoms with Crippen LogP contribution < -0.4 is 9.64 Å². The predicted octanol–water partition coefficient (Wildman–Crippen LogP) is 2.88. The maximum atomic E-state index is 5.98. The van der Waals surface area contributed by atoms with Crippen molar-refractivity contribution in [2.24, 2.45) is 0 Å². The zero-order chi connectivity index (χ0) is 14.9. The quantitative estimate of drug-likeness (QED) is 0.870. The van der Waals surface area contributed by atoms with Crippen molar-refractivity contribution in [3.8, 4) is 17.1 Å². The molecular weight excluding hydrogens is 276 g/mol. The summed E-state index contributed by atoms with van der Waals surface area (Å²) in [6.07, 6.45) is 0. The van der Waals surface area contributed by atoms with Gasteiger partial charge in [-0.15, -0.1) is 0 Å². The summed E-state index contributed by atoms with van der Waals surface area (Å²) in [6.45, 7) is 3.97. The first-order valence-electron chi connectivity index (χ1n) is 6.17. The Labute approximate surface area is 123 Å². The molecule has 1 heterocycles. The molecule has 2 aromatic rings. The Morgan fingerprint density at radius 1 is 1.05 bits per heavy atom. The molecule has 0 atom stereocenters. The van der Waals surface area contributed by atoms with Crippen molar-refractivity contribution in [1.29, 1.82) is 0 Å². The van der Waals surface area contributed by atoms with Crippen molar-refractivity contribution in [2.75, 3.05) is 26.1 Å². The van der Waals surface area contributed by atoms with E-state index in [1.165, 1.54) is 0 Å². The third-order valence-electron chi connectivity index (χ3n) is 2.98. The number of rotatable bonds is 3. The van der Waals surface area contributed by atoms with E-state index in [2.05, 4.69) is 15.0 Å². The number of aromatic nitrogens is 3. The van der Waals surface area contributed by atoms with E-state index >= 15 is 0 Å². The fourth-order valence-corrected chi connectivity index (χ4v) is 2.07. The van der Waals surface area contributed by atoms with E-state index < -0.39 is 0 Å². The molecule has 106 valence electrons. The van der Waals surface area contributed by atoms with Gasteiger partial charge in [0.2, 0.25) is 11.2 Å². The van der Waals surface area contributed by atoms with Crippen LogP contribution in [0.25, 0.3) is 11.4 Å². The lowest BCUT2D eigenvalue weighted by molar-refractivity contribution is 0.411. The van der Waals surface area contributed by atoms with E-state index in [9.17, 15) is 0 Å². The van der Waals surface area contributed by atoms with Crippen LogP contribution in [0.4, 0.5) is 5.95 Å². The molecule has 0 aliphatic heterocycles. The zero-order valence-corrected chi connectivity index (χ0v) is 13.0. The molecule has 6 heteroatoms. The highest BCUT2D eigenvalue weighted by atomic mass is 35.5. The smallest absolute Gasteiger partial charge is 0.229 e. The minimum Gasteiger partial charge on any atom is -0.496 e. The van der Waals surface area contributed by atoms with Gasteiger partial charge in [-0.1, -0.05) is 0 Å². The van der Waals surface area contributed by atoms with Crippen LogP contribution in [0.1, 0.15) is 11.1 Å². The molecule has 20 heavy (non-hydrogen) atoms. The second-order valence-corrected chi connectivity index (χ2v) is 5.10. The molecule has 0 saturated heterocycles. The Balaban J connectivity index is 2.59. The number of halogens is 1. The summed E-state index contributed by atoms with van der Waals surface area (Å²) >= 11 is 5.98. The van der Waals surface area contributed by atoms with Gasteiger partial charge in [-0.2, -0.15) is 15.0 Å². The third kappa shape index (κ3) is 2.82. The van der Waals surface area contributed by atoms with Crippen LogP contribution >= 0.6 is 11.6 Å². The minimum atomic E-state index is 0.187. The summed E-state index contributed by atoms with van der Waals surface area (Å²) in [6, 6.07) is 3.97. The molecular formula is C14H17ClN4O. The van der Waals surface area contributed by atoms with Crippen LogP contribution in [0, 0.1) is 13.8 Å². The number of nitrogens with zero attached hydrogens (tertiary/aromatic N) is 4. The first-order valence-corrected chi connectivity index (χ1v) is 6.54. The van der Waals surface area contributed by atoms with Crippen molar-refractivity contribution in [3.05, 3.63) is 28.5 Å². The molecule has 0 fully saturated rings. The van der Waals surface area contributed by atoms with Gasteiger partial charge in [0.25, 0.3) is 0 Å². The Bertz CT molecular complexity index is 643. The molecule has 0 amide bonds. The molecule has 0 N–H and O–H groups in total. The predicted molar refractivity (Wildman–Crippen MR) is 80.6 cm³/mol. The van der Waals surface area contributed by atoms with E-state index in [1.54, 1.807) is 12.0 Å². The molecule has 5 nitrogen and oxygen atoms in total. The lowest BCUT2D eigenvalue weighted by Gasteiger charge is -2.13. The molecule has 1 aromatic heterocycles. The van der Waals surface area contributed by atoms with Gasteiger partial charge in [0.1, 0.15) is 5.75 Å². The monoisotopic (exact) mass is 292 g/mol. The Morgan fingerprint density at radius 2 is 1.75 bits per heavy atom. The first kappa shape index (κ1) is 14.5. The van der Waals surface area contributed by atoms with Crippen LogP contribution in [0.3, 0.4) is 0 Å². The Kier molecular flexibility index (Phi) is 4.09. The first-order chi connectivity index (χ1) is 9.42. The summed E-state index contributed by atoms with van der Waals surface area (Å²) in [7, 11) is 5.38. The zero-order valence-electron chi connectivity index (χ0n) is 12.2. The summed E-state index contributed by atoms with van der Waals surface area (Å²) in [5, 5.41) is 0.187. The van der Waals surface area contributed by atoms with E-state index in [0.717, 1.165) is 22.4 Å². The summed E-state index contributed by atoms with van der Waals surface area (Å²) < 4.78 is 5.31. The molecule has 0 aliphatic rings. The van der Waals surface area contributed by atoms with Crippen molar-refractivity contribution in [3.63, 3.8) is 0 Å². The van der Waals surface area contributed by atoms with Crippen molar-refractivity contribution >= 4 is 17.5 Å². The maximum absolute atomic E-state index is 5.98. The second-order valence-electron chi connectivity index (χ2n) is 4.76. The standard InChI is InChI=1S/C14H17ClN4O/c1-8-7-11(20-5)9(2)6-10(8)12-16-13(15)18-14(17-12)19(3)4/h6-7H,1-5H3. The highest BCUT2D eigenvalue weighted by molar-refractivity contribution is 6.28. The maximum Gasteiger partial charge on any atom is 0.229 e. The second kappa shape index (κ2) is 5.63. The van der Waals surface area contributed by atoms with Crippen LogP contribution in [0.2, 0.25) is 5.28 Å². The van der Waals surface area contributed by atoms with Gasteiger partial charge in [-0.3, -0.25) is 0 Å². The summed E-state index contributed by atoms with van der Waals surface area (Å²) in [5.41, 5.74) is 2.98. The van der Waals surface area contributed by atoms with Crippen LogP contribution in [-0.4, -0.2) is 36.2 Å². The van der Waals surface area contributed by atoms with E-state index in [0.29, 0.717) is 11.8 Å².